The minimum Gasteiger partial charge on any atom is -0.212 e. The lowest BCUT2D eigenvalue weighted by Crippen LogP contribution is -2.38. The molecular weight excluding hydrogens is 220 g/mol. The van der Waals surface area contributed by atoms with E-state index in [0.717, 1.165) is 19.3 Å². The van der Waals surface area contributed by atoms with Gasteiger partial charge in [0.05, 0.1) is 5.25 Å². The summed E-state index contributed by atoms with van der Waals surface area (Å²) in [7, 11) is 2.13. The molecular formula is C10H17ClO2S. The third kappa shape index (κ3) is 1.12. The van der Waals surface area contributed by atoms with E-state index in [1.165, 1.54) is 0 Å². The van der Waals surface area contributed by atoms with Crippen LogP contribution in [0.15, 0.2) is 0 Å². The number of fused-ring (bicyclic) bond motifs is 2. The molecule has 0 aliphatic heterocycles. The Morgan fingerprint density at radius 1 is 1.29 bits per heavy atom. The van der Waals surface area contributed by atoms with E-state index in [4.69, 9.17) is 10.7 Å². The monoisotopic (exact) mass is 236 g/mol. The van der Waals surface area contributed by atoms with Gasteiger partial charge in [0.2, 0.25) is 9.05 Å². The molecule has 0 radical (unpaired) electrons. The second-order valence-electron chi connectivity index (χ2n) is 5.57. The summed E-state index contributed by atoms with van der Waals surface area (Å²) in [4.78, 5) is 0. The fraction of sp³-hybridized carbons (Fsp3) is 1.00. The lowest BCUT2D eigenvalue weighted by atomic mass is 9.71. The van der Waals surface area contributed by atoms with Crippen molar-refractivity contribution in [3.63, 3.8) is 0 Å². The van der Waals surface area contributed by atoms with E-state index in [-0.39, 0.29) is 16.1 Å². The summed E-state index contributed by atoms with van der Waals surface area (Å²) in [5, 5.41) is -0.328. The maximum Gasteiger partial charge on any atom is 0.236 e. The topological polar surface area (TPSA) is 34.1 Å². The van der Waals surface area contributed by atoms with Crippen molar-refractivity contribution >= 4 is 19.7 Å². The van der Waals surface area contributed by atoms with Crippen molar-refractivity contribution in [1.82, 2.24) is 0 Å². The average Bonchev–Trinajstić information content (AvgIpc) is 2.32. The predicted octanol–water partition coefficient (Wildman–Crippen LogP) is 2.77. The first-order chi connectivity index (χ1) is 6.19. The van der Waals surface area contributed by atoms with Gasteiger partial charge in [0, 0.05) is 10.7 Å². The molecule has 14 heavy (non-hydrogen) atoms. The fourth-order valence-corrected chi connectivity index (χ4v) is 5.87. The molecule has 2 nitrogen and oxygen atoms in total. The summed E-state index contributed by atoms with van der Waals surface area (Å²) in [6.45, 7) is 6.46. The van der Waals surface area contributed by atoms with Gasteiger partial charge in [0.25, 0.3) is 0 Å². The van der Waals surface area contributed by atoms with E-state index in [2.05, 4.69) is 20.8 Å². The smallest absolute Gasteiger partial charge is 0.212 e. The Morgan fingerprint density at radius 3 is 2.07 bits per heavy atom. The zero-order valence-electron chi connectivity index (χ0n) is 8.88. The van der Waals surface area contributed by atoms with E-state index in [1.54, 1.807) is 0 Å². The highest BCUT2D eigenvalue weighted by molar-refractivity contribution is 8.14. The number of hydrogen-bond acceptors (Lipinski definition) is 2. The second-order valence-corrected chi connectivity index (χ2v) is 8.39. The normalized spacial score (nSPS) is 45.7. The molecule has 2 saturated carbocycles. The van der Waals surface area contributed by atoms with Crippen molar-refractivity contribution in [1.29, 1.82) is 0 Å². The van der Waals surface area contributed by atoms with E-state index in [0.29, 0.717) is 5.92 Å². The summed E-state index contributed by atoms with van der Waals surface area (Å²) in [6, 6.07) is 0. The number of hydrogen-bond donors (Lipinski definition) is 0. The average molecular weight is 237 g/mol. The van der Waals surface area contributed by atoms with Gasteiger partial charge in [-0.05, 0) is 36.0 Å². The molecule has 2 rings (SSSR count). The predicted molar refractivity (Wildman–Crippen MR) is 57.8 cm³/mol. The van der Waals surface area contributed by atoms with Crippen molar-refractivity contribution in [2.24, 2.45) is 16.7 Å². The van der Waals surface area contributed by atoms with Crippen LogP contribution in [0.25, 0.3) is 0 Å². The van der Waals surface area contributed by atoms with Crippen molar-refractivity contribution in [3.8, 4) is 0 Å². The summed E-state index contributed by atoms with van der Waals surface area (Å²) < 4.78 is 23.0. The van der Waals surface area contributed by atoms with Gasteiger partial charge >= 0.3 is 0 Å². The zero-order valence-corrected chi connectivity index (χ0v) is 10.5. The van der Waals surface area contributed by atoms with E-state index in [1.807, 2.05) is 0 Å². The van der Waals surface area contributed by atoms with Gasteiger partial charge < -0.3 is 0 Å². The first-order valence-electron chi connectivity index (χ1n) is 5.13. The molecule has 0 saturated heterocycles. The highest BCUT2D eigenvalue weighted by Gasteiger charge is 2.64. The van der Waals surface area contributed by atoms with Gasteiger partial charge in [-0.3, -0.25) is 0 Å². The third-order valence-corrected chi connectivity index (χ3v) is 7.09. The maximum absolute atomic E-state index is 11.5. The van der Waals surface area contributed by atoms with Crippen molar-refractivity contribution in [3.05, 3.63) is 0 Å². The molecule has 2 aliphatic carbocycles. The standard InChI is InChI=1S/C10H17ClO2S/c1-9(2)7-4-5-10(9,3)8(6-7)14(11,12)13/h7-8H,4-6H2,1-3H3/t7?,8?,10-/m1/s1. The maximum atomic E-state index is 11.5. The Labute approximate surface area is 90.4 Å². The minimum atomic E-state index is -3.39. The molecule has 2 fully saturated rings. The minimum absolute atomic E-state index is 0.113. The number of rotatable bonds is 1. The van der Waals surface area contributed by atoms with Crippen molar-refractivity contribution in [2.45, 2.75) is 45.3 Å². The fourth-order valence-electron chi connectivity index (χ4n) is 3.56. The van der Waals surface area contributed by atoms with Crippen LogP contribution in [0.1, 0.15) is 40.0 Å². The summed E-state index contributed by atoms with van der Waals surface area (Å²) in [5.41, 5.74) is 0.0118. The van der Waals surface area contributed by atoms with Crippen LogP contribution in [-0.4, -0.2) is 13.7 Å². The van der Waals surface area contributed by atoms with Crippen molar-refractivity contribution in [2.75, 3.05) is 0 Å². The molecule has 0 spiro atoms. The first kappa shape index (κ1) is 10.7. The van der Waals surface area contributed by atoms with Gasteiger partial charge in [-0.1, -0.05) is 20.8 Å². The van der Waals surface area contributed by atoms with Crippen LogP contribution in [-0.2, 0) is 9.05 Å². The molecule has 0 amide bonds. The molecule has 2 aliphatic rings. The first-order valence-corrected chi connectivity index (χ1v) is 7.50. The van der Waals surface area contributed by atoms with Crippen LogP contribution < -0.4 is 0 Å². The van der Waals surface area contributed by atoms with Crippen molar-refractivity contribution < 1.29 is 8.42 Å². The Hall–Kier alpha value is 0.240. The summed E-state index contributed by atoms with van der Waals surface area (Å²) in [5.74, 6) is 0.533. The Bertz CT molecular complexity index is 360. The molecule has 82 valence electrons. The molecule has 0 N–H and O–H groups in total. The van der Waals surface area contributed by atoms with Gasteiger partial charge in [-0.25, -0.2) is 8.42 Å². The van der Waals surface area contributed by atoms with Crippen LogP contribution in [0, 0.1) is 16.7 Å². The summed E-state index contributed by atoms with van der Waals surface area (Å²) >= 11 is 0. The third-order valence-electron chi connectivity index (χ3n) is 5.05. The molecule has 0 aromatic rings. The SMILES string of the molecule is CC1(C)C2CC[C@]1(C)C(S(=O)(=O)Cl)C2. The lowest BCUT2D eigenvalue weighted by molar-refractivity contribution is 0.154. The Kier molecular flexibility index (Phi) is 2.05. The Morgan fingerprint density at radius 2 is 1.86 bits per heavy atom. The van der Waals surface area contributed by atoms with Gasteiger partial charge in [0.1, 0.15) is 0 Å². The summed E-state index contributed by atoms with van der Waals surface area (Å²) in [6.07, 6.45) is 2.92. The zero-order chi connectivity index (χ0) is 10.8. The van der Waals surface area contributed by atoms with E-state index in [9.17, 15) is 8.42 Å². The van der Waals surface area contributed by atoms with Crippen LogP contribution in [0.4, 0.5) is 0 Å². The van der Waals surface area contributed by atoms with Crippen LogP contribution in [0.5, 0.6) is 0 Å². The molecule has 4 heteroatoms. The molecule has 3 atom stereocenters. The molecule has 0 aromatic carbocycles. The van der Waals surface area contributed by atoms with E-state index >= 15 is 0 Å². The lowest BCUT2D eigenvalue weighted by Gasteiger charge is -2.37. The molecule has 2 unspecified atom stereocenters. The largest absolute Gasteiger partial charge is 0.236 e. The van der Waals surface area contributed by atoms with Gasteiger partial charge in [-0.2, -0.15) is 0 Å². The van der Waals surface area contributed by atoms with Crippen LogP contribution >= 0.6 is 10.7 Å². The van der Waals surface area contributed by atoms with E-state index < -0.39 is 9.05 Å². The second kappa shape index (κ2) is 2.67. The molecule has 0 aromatic heterocycles. The van der Waals surface area contributed by atoms with Gasteiger partial charge in [0.15, 0.2) is 0 Å². The molecule has 2 bridgehead atoms. The van der Waals surface area contributed by atoms with Crippen LogP contribution in [0.3, 0.4) is 0 Å². The van der Waals surface area contributed by atoms with Crippen LogP contribution in [0.2, 0.25) is 0 Å². The van der Waals surface area contributed by atoms with Gasteiger partial charge in [-0.15, -0.1) is 0 Å². The molecule has 0 heterocycles. The quantitative estimate of drug-likeness (QED) is 0.656. The number of halogens is 1. The highest BCUT2D eigenvalue weighted by atomic mass is 35.7. The highest BCUT2D eigenvalue weighted by Crippen LogP contribution is 2.67. The Balaban J connectivity index is 2.47.